The number of nitrogens with one attached hydrogen (secondary N) is 2. The number of aliphatic hydroxyl groups is 2. The maximum atomic E-state index is 15.1. The summed E-state index contributed by atoms with van der Waals surface area (Å²) in [5.41, 5.74) is 0.935. The van der Waals surface area contributed by atoms with E-state index in [-0.39, 0.29) is 58.5 Å². The molecule has 6 unspecified atom stereocenters. The lowest BCUT2D eigenvalue weighted by atomic mass is 9.51. The standard InChI is InChI=1S/2C27H36FN3O3/c2*1-2-23(32)29-20-4-5-22(21(28)12-20)30-8-3-6-26(16-30)7-9-31(25(26)34)27-13-17-10-18(14-27)24(33)19(11-17)15-27/h2*4-5,12,17-19,24,33H,2-3,6-11,13-16H2,1H3,(H,29,32). The van der Waals surface area contributed by atoms with Crippen molar-refractivity contribution in [3.63, 3.8) is 0 Å². The fraction of sp³-hybridized carbons (Fsp3) is 0.704. The van der Waals surface area contributed by atoms with Crippen LogP contribution in [0.3, 0.4) is 0 Å². The average Bonchev–Trinajstić information content (AvgIpc) is 3.81. The van der Waals surface area contributed by atoms with Gasteiger partial charge in [0.2, 0.25) is 23.6 Å². The van der Waals surface area contributed by atoms with Gasteiger partial charge in [-0.15, -0.1) is 0 Å². The highest BCUT2D eigenvalue weighted by Gasteiger charge is 2.64. The minimum absolute atomic E-state index is 0.0665. The Balaban J connectivity index is 0.000000149. The fourth-order valence-electron chi connectivity index (χ4n) is 16.7. The molecule has 2 aromatic carbocycles. The number of carbonyl (C=O) groups excluding carboxylic acids is 4. The van der Waals surface area contributed by atoms with Gasteiger partial charge in [0.05, 0.1) is 34.4 Å². The number of nitrogens with zero attached hydrogens (tertiary/aromatic N) is 4. The van der Waals surface area contributed by atoms with E-state index in [0.29, 0.717) is 84.2 Å². The molecule has 4 amide bonds. The van der Waals surface area contributed by atoms with Crippen molar-refractivity contribution >= 4 is 46.4 Å². The number of amides is 4. The monoisotopic (exact) mass is 939 g/mol. The normalized spacial score (nSPS) is 38.7. The first kappa shape index (κ1) is 46.1. The largest absolute Gasteiger partial charge is 0.393 e. The first-order valence-corrected chi connectivity index (χ1v) is 26.3. The number of halogens is 2. The second kappa shape index (κ2) is 17.2. The highest BCUT2D eigenvalue weighted by atomic mass is 19.1. The number of hydrogen-bond donors (Lipinski definition) is 4. The Kier molecular flexibility index (Phi) is 11.7. The molecule has 2 aromatic rings. The second-order valence-electron chi connectivity index (χ2n) is 23.5. The van der Waals surface area contributed by atoms with Crippen LogP contribution in [0.5, 0.6) is 0 Å². The number of likely N-dealkylation sites (tertiary alicyclic amines) is 2. The number of rotatable bonds is 8. The minimum Gasteiger partial charge on any atom is -0.393 e. The van der Waals surface area contributed by atoms with Crippen LogP contribution in [-0.2, 0) is 19.2 Å². The van der Waals surface area contributed by atoms with Gasteiger partial charge in [0.15, 0.2) is 0 Å². The summed E-state index contributed by atoms with van der Waals surface area (Å²) in [4.78, 5) is 59.9. The molecule has 14 heteroatoms. The first-order valence-electron chi connectivity index (χ1n) is 26.3. The number of carbonyl (C=O) groups is 4. The number of benzene rings is 2. The molecule has 0 radical (unpaired) electrons. The van der Waals surface area contributed by atoms with Crippen molar-refractivity contribution in [2.24, 2.45) is 46.3 Å². The van der Waals surface area contributed by atoms with Crippen LogP contribution >= 0.6 is 0 Å². The molecule has 8 aliphatic carbocycles. The van der Waals surface area contributed by atoms with Crippen molar-refractivity contribution in [3.05, 3.63) is 48.0 Å². The Morgan fingerprint density at radius 1 is 0.588 bits per heavy atom. The van der Waals surface area contributed by atoms with E-state index in [4.69, 9.17) is 0 Å². The first-order chi connectivity index (χ1) is 32.6. The van der Waals surface area contributed by atoms with Crippen molar-refractivity contribution in [3.8, 4) is 0 Å². The fourth-order valence-corrected chi connectivity index (χ4v) is 16.7. The third kappa shape index (κ3) is 7.71. The third-order valence-electron chi connectivity index (χ3n) is 19.5. The van der Waals surface area contributed by atoms with Gasteiger partial charge < -0.3 is 40.4 Å². The molecule has 4 heterocycles. The van der Waals surface area contributed by atoms with Gasteiger partial charge in [0.1, 0.15) is 11.6 Å². The summed E-state index contributed by atoms with van der Waals surface area (Å²) in [6.07, 6.45) is 15.9. The Labute approximate surface area is 399 Å². The SMILES string of the molecule is CCC(=O)Nc1ccc(N2CCCC3(CCN(C45CC6CC(C4)C(O)C(C6)C5)C3=O)C2)c(F)c1.CCC(=O)Nc1ccc(N2CCCC3(CCN(C45CC6CC(C4)C(O)C(C6)C5)C3=O)C2)c(F)c1. The minimum atomic E-state index is -0.443. The molecule has 14 rings (SSSR count). The van der Waals surface area contributed by atoms with Crippen LogP contribution in [0, 0.1) is 58.0 Å². The zero-order valence-corrected chi connectivity index (χ0v) is 40.1. The number of aliphatic hydroxyl groups excluding tert-OH is 2. The van der Waals surface area contributed by atoms with Gasteiger partial charge in [-0.2, -0.15) is 0 Å². The quantitative estimate of drug-likeness (QED) is 0.210. The Morgan fingerprint density at radius 2 is 0.971 bits per heavy atom. The summed E-state index contributed by atoms with van der Waals surface area (Å²) >= 11 is 0. The van der Waals surface area contributed by atoms with Gasteiger partial charge in [-0.05, 0) is 175 Å². The molecular weight excluding hydrogens is 867 g/mol. The lowest BCUT2D eigenvalue weighted by Crippen LogP contribution is -2.65. The zero-order valence-electron chi connectivity index (χ0n) is 40.1. The van der Waals surface area contributed by atoms with Crippen molar-refractivity contribution < 1.29 is 38.2 Å². The summed E-state index contributed by atoms with van der Waals surface area (Å²) in [5, 5.41) is 26.8. The maximum absolute atomic E-state index is 15.1. The Bertz CT molecular complexity index is 2160. The molecule has 68 heavy (non-hydrogen) atoms. The van der Waals surface area contributed by atoms with E-state index in [1.807, 2.05) is 9.80 Å². The van der Waals surface area contributed by atoms with E-state index in [9.17, 15) is 29.4 Å². The molecule has 8 saturated carbocycles. The van der Waals surface area contributed by atoms with E-state index in [2.05, 4.69) is 20.4 Å². The van der Waals surface area contributed by atoms with Crippen LogP contribution in [0.4, 0.5) is 31.5 Å². The van der Waals surface area contributed by atoms with E-state index < -0.39 is 10.8 Å². The van der Waals surface area contributed by atoms with E-state index in [0.717, 1.165) is 129 Å². The van der Waals surface area contributed by atoms with Gasteiger partial charge in [0, 0.05) is 74.6 Å². The molecule has 6 atom stereocenters. The van der Waals surface area contributed by atoms with Gasteiger partial charge in [0.25, 0.3) is 0 Å². The molecule has 4 saturated heterocycles. The molecule has 368 valence electrons. The predicted molar refractivity (Wildman–Crippen MR) is 256 cm³/mol. The van der Waals surface area contributed by atoms with Gasteiger partial charge in [-0.25, -0.2) is 8.78 Å². The zero-order chi connectivity index (χ0) is 47.3. The number of hydrogen-bond acceptors (Lipinski definition) is 8. The van der Waals surface area contributed by atoms with Crippen molar-refractivity contribution in [2.45, 2.75) is 153 Å². The van der Waals surface area contributed by atoms with Crippen LogP contribution in [0.1, 0.15) is 129 Å². The van der Waals surface area contributed by atoms with Crippen molar-refractivity contribution in [1.82, 2.24) is 9.80 Å². The molecule has 12 aliphatic rings. The van der Waals surface area contributed by atoms with Crippen molar-refractivity contribution in [1.29, 1.82) is 0 Å². The Hall–Kier alpha value is -4.30. The van der Waals surface area contributed by atoms with Crippen LogP contribution in [0.15, 0.2) is 36.4 Å². The van der Waals surface area contributed by atoms with Gasteiger partial charge >= 0.3 is 0 Å². The molecule has 8 bridgehead atoms. The van der Waals surface area contributed by atoms with E-state index in [1.54, 1.807) is 38.1 Å². The maximum Gasteiger partial charge on any atom is 0.231 e. The van der Waals surface area contributed by atoms with Crippen LogP contribution in [0.25, 0.3) is 0 Å². The predicted octanol–water partition coefficient (Wildman–Crippen LogP) is 7.87. The van der Waals surface area contributed by atoms with Gasteiger partial charge in [-0.3, -0.25) is 19.2 Å². The summed E-state index contributed by atoms with van der Waals surface area (Å²) in [6, 6.07) is 9.73. The lowest BCUT2D eigenvalue weighted by molar-refractivity contribution is -0.168. The van der Waals surface area contributed by atoms with Crippen molar-refractivity contribution in [2.75, 3.05) is 59.7 Å². The summed E-state index contributed by atoms with van der Waals surface area (Å²) in [7, 11) is 0. The van der Waals surface area contributed by atoms with Crippen LogP contribution in [0.2, 0.25) is 0 Å². The molecule has 4 aliphatic heterocycles. The molecule has 12 fully saturated rings. The van der Waals surface area contributed by atoms with E-state index >= 15 is 8.78 Å². The number of piperidine rings is 2. The van der Waals surface area contributed by atoms with E-state index in [1.165, 1.54) is 12.1 Å². The lowest BCUT2D eigenvalue weighted by Gasteiger charge is -2.61. The van der Waals surface area contributed by atoms with Crippen LogP contribution in [-0.4, -0.2) is 106 Å². The molecule has 4 N–H and O–H groups in total. The summed E-state index contributed by atoms with van der Waals surface area (Å²) < 4.78 is 30.1. The molecule has 0 aromatic heterocycles. The third-order valence-corrected chi connectivity index (χ3v) is 19.5. The molecule has 2 spiro atoms. The molecular formula is C54H72F2N6O6. The highest BCUT2D eigenvalue weighted by Crippen LogP contribution is 2.61. The smallest absolute Gasteiger partial charge is 0.231 e. The highest BCUT2D eigenvalue weighted by molar-refractivity contribution is 5.92. The Morgan fingerprint density at radius 3 is 1.32 bits per heavy atom. The average molecular weight is 939 g/mol. The van der Waals surface area contributed by atoms with Gasteiger partial charge in [-0.1, -0.05) is 13.8 Å². The summed E-state index contributed by atoms with van der Waals surface area (Å²) in [5.74, 6) is 2.21. The summed E-state index contributed by atoms with van der Waals surface area (Å²) in [6.45, 7) is 7.68. The topological polar surface area (TPSA) is 146 Å². The number of anilines is 4. The molecule has 12 nitrogen and oxygen atoms in total. The second-order valence-corrected chi connectivity index (χ2v) is 23.5. The van der Waals surface area contributed by atoms with Crippen LogP contribution < -0.4 is 20.4 Å².